The van der Waals surface area contributed by atoms with Gasteiger partial charge in [-0.25, -0.2) is 0 Å². The summed E-state index contributed by atoms with van der Waals surface area (Å²) in [7, 11) is 0. The first kappa shape index (κ1) is 9.06. The van der Waals surface area contributed by atoms with Gasteiger partial charge in [0.1, 0.15) is 0 Å². The zero-order valence-corrected chi connectivity index (χ0v) is 8.96. The second-order valence-corrected chi connectivity index (χ2v) is 4.57. The zero-order valence-electron chi connectivity index (χ0n) is 8.14. The van der Waals surface area contributed by atoms with Gasteiger partial charge in [-0.15, -0.1) is 11.3 Å². The SMILES string of the molecule is c1csc(-c2nc(C3CCNC3)no2)c1. The number of nitrogens with zero attached hydrogens (tertiary/aromatic N) is 2. The molecule has 1 atom stereocenters. The van der Waals surface area contributed by atoms with Crippen LogP contribution < -0.4 is 5.32 Å². The molecular weight excluding hydrogens is 210 g/mol. The van der Waals surface area contributed by atoms with Crippen molar-refractivity contribution in [2.75, 3.05) is 13.1 Å². The van der Waals surface area contributed by atoms with E-state index in [9.17, 15) is 0 Å². The molecule has 0 amide bonds. The normalized spacial score (nSPS) is 20.9. The van der Waals surface area contributed by atoms with Gasteiger partial charge in [0.15, 0.2) is 5.82 Å². The molecule has 0 aliphatic carbocycles. The van der Waals surface area contributed by atoms with Gasteiger partial charge in [-0.05, 0) is 24.4 Å². The van der Waals surface area contributed by atoms with Crippen molar-refractivity contribution in [1.29, 1.82) is 0 Å². The Morgan fingerprint density at radius 3 is 3.27 bits per heavy atom. The maximum atomic E-state index is 5.24. The Hall–Kier alpha value is -1.20. The van der Waals surface area contributed by atoms with E-state index in [2.05, 4.69) is 15.5 Å². The summed E-state index contributed by atoms with van der Waals surface area (Å²) in [6.45, 7) is 2.01. The van der Waals surface area contributed by atoms with Crippen LogP contribution in [0.3, 0.4) is 0 Å². The minimum Gasteiger partial charge on any atom is -0.333 e. The van der Waals surface area contributed by atoms with Crippen molar-refractivity contribution in [3.8, 4) is 10.8 Å². The molecule has 5 heteroatoms. The minimum atomic E-state index is 0.419. The molecule has 0 radical (unpaired) electrons. The molecule has 3 heterocycles. The molecule has 1 N–H and O–H groups in total. The van der Waals surface area contributed by atoms with Crippen LogP contribution in [0.1, 0.15) is 18.2 Å². The van der Waals surface area contributed by atoms with E-state index in [4.69, 9.17) is 4.52 Å². The number of hydrogen-bond acceptors (Lipinski definition) is 5. The summed E-state index contributed by atoms with van der Waals surface area (Å²) in [6, 6.07) is 3.98. The lowest BCUT2D eigenvalue weighted by atomic mass is 10.1. The number of aromatic nitrogens is 2. The van der Waals surface area contributed by atoms with E-state index < -0.39 is 0 Å². The Morgan fingerprint density at radius 1 is 1.53 bits per heavy atom. The molecule has 0 saturated carbocycles. The molecule has 4 nitrogen and oxygen atoms in total. The van der Waals surface area contributed by atoms with E-state index in [-0.39, 0.29) is 0 Å². The van der Waals surface area contributed by atoms with Crippen molar-refractivity contribution >= 4 is 11.3 Å². The van der Waals surface area contributed by atoms with Crippen LogP contribution in [0.2, 0.25) is 0 Å². The summed E-state index contributed by atoms with van der Waals surface area (Å²) < 4.78 is 5.24. The maximum absolute atomic E-state index is 5.24. The molecule has 0 bridgehead atoms. The van der Waals surface area contributed by atoms with E-state index in [1.54, 1.807) is 11.3 Å². The molecule has 1 saturated heterocycles. The highest BCUT2D eigenvalue weighted by Gasteiger charge is 2.22. The fraction of sp³-hybridized carbons (Fsp3) is 0.400. The standard InChI is InChI=1S/C10H11N3OS/c1-2-8(15-5-1)10-12-9(13-14-10)7-3-4-11-6-7/h1-2,5,7,11H,3-4,6H2. The van der Waals surface area contributed by atoms with Crippen molar-refractivity contribution < 1.29 is 4.52 Å². The Labute approximate surface area is 91.3 Å². The van der Waals surface area contributed by atoms with Crippen molar-refractivity contribution in [3.05, 3.63) is 23.3 Å². The third-order valence-electron chi connectivity index (χ3n) is 2.60. The first-order chi connectivity index (χ1) is 7.43. The summed E-state index contributed by atoms with van der Waals surface area (Å²) >= 11 is 1.62. The molecule has 2 aromatic heterocycles. The van der Waals surface area contributed by atoms with Gasteiger partial charge >= 0.3 is 0 Å². The first-order valence-corrected chi connectivity index (χ1v) is 5.89. The predicted octanol–water partition coefficient (Wildman–Crippen LogP) is 1.87. The molecule has 0 aromatic carbocycles. The molecule has 1 aliphatic heterocycles. The Morgan fingerprint density at radius 2 is 2.53 bits per heavy atom. The van der Waals surface area contributed by atoms with Crippen LogP contribution in [0, 0.1) is 0 Å². The Balaban J connectivity index is 1.87. The topological polar surface area (TPSA) is 51.0 Å². The molecule has 3 rings (SSSR count). The van der Waals surface area contributed by atoms with Crippen molar-refractivity contribution in [3.63, 3.8) is 0 Å². The summed E-state index contributed by atoms with van der Waals surface area (Å²) in [5.41, 5.74) is 0. The third-order valence-corrected chi connectivity index (χ3v) is 3.46. The number of nitrogens with one attached hydrogen (secondary N) is 1. The highest BCUT2D eigenvalue weighted by atomic mass is 32.1. The van der Waals surface area contributed by atoms with Gasteiger partial charge in [-0.3, -0.25) is 0 Å². The summed E-state index contributed by atoms with van der Waals surface area (Å²) in [5, 5.41) is 9.34. The van der Waals surface area contributed by atoms with Crippen LogP contribution in [0.4, 0.5) is 0 Å². The fourth-order valence-electron chi connectivity index (χ4n) is 1.78. The fourth-order valence-corrected chi connectivity index (χ4v) is 2.42. The molecule has 15 heavy (non-hydrogen) atoms. The smallest absolute Gasteiger partial charge is 0.267 e. The van der Waals surface area contributed by atoms with E-state index in [1.165, 1.54) is 0 Å². The molecule has 1 fully saturated rings. The molecule has 1 unspecified atom stereocenters. The lowest BCUT2D eigenvalue weighted by Crippen LogP contribution is -2.08. The summed E-state index contributed by atoms with van der Waals surface area (Å²) in [5.74, 6) is 1.90. The van der Waals surface area contributed by atoms with Crippen LogP contribution in [0.25, 0.3) is 10.8 Å². The number of hydrogen-bond donors (Lipinski definition) is 1. The third kappa shape index (κ3) is 1.68. The van der Waals surface area contributed by atoms with Gasteiger partial charge in [0.25, 0.3) is 5.89 Å². The Bertz CT molecular complexity index is 431. The monoisotopic (exact) mass is 221 g/mol. The van der Waals surface area contributed by atoms with Gasteiger partial charge in [0.2, 0.25) is 0 Å². The molecule has 0 spiro atoms. The molecule has 78 valence electrons. The Kier molecular flexibility index (Phi) is 2.26. The minimum absolute atomic E-state index is 0.419. The second kappa shape index (κ2) is 3.75. The van der Waals surface area contributed by atoms with Crippen molar-refractivity contribution in [1.82, 2.24) is 15.5 Å². The summed E-state index contributed by atoms with van der Waals surface area (Å²) in [4.78, 5) is 5.47. The van der Waals surface area contributed by atoms with Crippen molar-refractivity contribution in [2.45, 2.75) is 12.3 Å². The highest BCUT2D eigenvalue weighted by molar-refractivity contribution is 7.13. The van der Waals surface area contributed by atoms with Gasteiger partial charge in [-0.1, -0.05) is 11.2 Å². The largest absolute Gasteiger partial charge is 0.333 e. The molecule has 2 aromatic rings. The average molecular weight is 221 g/mol. The van der Waals surface area contributed by atoms with Crippen LogP contribution in [0.15, 0.2) is 22.0 Å². The van der Waals surface area contributed by atoms with Crippen LogP contribution in [-0.2, 0) is 0 Å². The number of thiophene rings is 1. The van der Waals surface area contributed by atoms with Gasteiger partial charge in [0, 0.05) is 12.5 Å². The van der Waals surface area contributed by atoms with Gasteiger partial charge in [0.05, 0.1) is 4.88 Å². The van der Waals surface area contributed by atoms with E-state index in [0.29, 0.717) is 11.8 Å². The molecule has 1 aliphatic rings. The zero-order chi connectivity index (χ0) is 10.1. The van der Waals surface area contributed by atoms with E-state index in [1.807, 2.05) is 17.5 Å². The summed E-state index contributed by atoms with van der Waals surface area (Å²) in [6.07, 6.45) is 1.10. The van der Waals surface area contributed by atoms with Crippen molar-refractivity contribution in [2.24, 2.45) is 0 Å². The highest BCUT2D eigenvalue weighted by Crippen LogP contribution is 2.26. The van der Waals surface area contributed by atoms with Gasteiger partial charge in [-0.2, -0.15) is 4.98 Å². The van der Waals surface area contributed by atoms with Crippen LogP contribution in [-0.4, -0.2) is 23.2 Å². The maximum Gasteiger partial charge on any atom is 0.267 e. The van der Waals surface area contributed by atoms with Gasteiger partial charge < -0.3 is 9.84 Å². The van der Waals surface area contributed by atoms with Crippen LogP contribution in [0.5, 0.6) is 0 Å². The quantitative estimate of drug-likeness (QED) is 0.841. The number of rotatable bonds is 2. The van der Waals surface area contributed by atoms with E-state index in [0.717, 1.165) is 30.2 Å². The predicted molar refractivity (Wildman–Crippen MR) is 57.8 cm³/mol. The molecular formula is C10H11N3OS. The average Bonchev–Trinajstić information content (AvgIpc) is 3.02. The van der Waals surface area contributed by atoms with Crippen LogP contribution >= 0.6 is 11.3 Å². The van der Waals surface area contributed by atoms with E-state index >= 15 is 0 Å². The first-order valence-electron chi connectivity index (χ1n) is 5.01. The lowest BCUT2D eigenvalue weighted by molar-refractivity contribution is 0.418. The second-order valence-electron chi connectivity index (χ2n) is 3.62. The lowest BCUT2D eigenvalue weighted by Gasteiger charge is -1.98.